The van der Waals surface area contributed by atoms with Gasteiger partial charge in [0.25, 0.3) is 10.9 Å². The van der Waals surface area contributed by atoms with Crippen molar-refractivity contribution in [1.29, 1.82) is 0 Å². The van der Waals surface area contributed by atoms with Crippen LogP contribution in [0.2, 0.25) is 0 Å². The third-order valence-electron chi connectivity index (χ3n) is 3.10. The van der Waals surface area contributed by atoms with Crippen LogP contribution in [0.25, 0.3) is 11.1 Å². The Bertz CT molecular complexity index is 798. The highest BCUT2D eigenvalue weighted by molar-refractivity contribution is 7.98. The van der Waals surface area contributed by atoms with E-state index in [0.29, 0.717) is 16.7 Å². The summed E-state index contributed by atoms with van der Waals surface area (Å²) in [5.74, 6) is 1.08. The minimum Gasteiger partial charge on any atom is -0.496 e. The van der Waals surface area contributed by atoms with Crippen LogP contribution in [0, 0.1) is 10.1 Å². The predicted octanol–water partition coefficient (Wildman–Crippen LogP) is 4.04. The first-order chi connectivity index (χ1) is 10.7. The first-order valence-electron chi connectivity index (χ1n) is 6.47. The molecule has 0 saturated carbocycles. The van der Waals surface area contributed by atoms with E-state index in [2.05, 4.69) is 4.98 Å². The van der Waals surface area contributed by atoms with Gasteiger partial charge in [0.05, 0.1) is 12.0 Å². The third kappa shape index (κ3) is 2.89. The van der Waals surface area contributed by atoms with Crippen molar-refractivity contribution in [3.63, 3.8) is 0 Å². The zero-order valence-corrected chi connectivity index (χ0v) is 12.5. The van der Waals surface area contributed by atoms with E-state index in [1.54, 1.807) is 6.07 Å². The number of benzene rings is 2. The van der Waals surface area contributed by atoms with Crippen molar-refractivity contribution < 1.29 is 14.1 Å². The molecule has 112 valence electrons. The maximum atomic E-state index is 10.9. The molecule has 1 heterocycles. The lowest BCUT2D eigenvalue weighted by Crippen LogP contribution is -1.94. The number of nitro groups is 1. The summed E-state index contributed by atoms with van der Waals surface area (Å²) in [6.07, 6.45) is 0. The predicted molar refractivity (Wildman–Crippen MR) is 83.2 cm³/mol. The van der Waals surface area contributed by atoms with Crippen molar-refractivity contribution in [2.24, 2.45) is 0 Å². The number of nitro benzene ring substituents is 1. The van der Waals surface area contributed by atoms with Gasteiger partial charge < -0.3 is 9.15 Å². The Morgan fingerprint density at radius 1 is 1.32 bits per heavy atom. The van der Waals surface area contributed by atoms with Gasteiger partial charge in [0.15, 0.2) is 5.58 Å². The minimum atomic E-state index is -0.424. The van der Waals surface area contributed by atoms with E-state index in [4.69, 9.17) is 9.15 Å². The van der Waals surface area contributed by atoms with Crippen LogP contribution in [0.4, 0.5) is 5.69 Å². The van der Waals surface area contributed by atoms with E-state index < -0.39 is 4.92 Å². The van der Waals surface area contributed by atoms with Gasteiger partial charge in [0, 0.05) is 23.4 Å². The summed E-state index contributed by atoms with van der Waals surface area (Å²) in [7, 11) is 1.54. The Kier molecular flexibility index (Phi) is 3.97. The van der Waals surface area contributed by atoms with Crippen LogP contribution in [0.5, 0.6) is 5.75 Å². The molecular formula is C15H12N2O4S. The number of thioether (sulfide) groups is 1. The summed E-state index contributed by atoms with van der Waals surface area (Å²) in [6, 6.07) is 12.0. The van der Waals surface area contributed by atoms with Crippen LogP contribution in [0.3, 0.4) is 0 Å². The molecule has 0 atom stereocenters. The fraction of sp³-hybridized carbons (Fsp3) is 0.133. The van der Waals surface area contributed by atoms with Gasteiger partial charge >= 0.3 is 0 Å². The molecular weight excluding hydrogens is 304 g/mol. The highest BCUT2D eigenvalue weighted by atomic mass is 32.2. The monoisotopic (exact) mass is 316 g/mol. The topological polar surface area (TPSA) is 78.4 Å². The molecule has 2 aromatic carbocycles. The van der Waals surface area contributed by atoms with Crippen molar-refractivity contribution in [3.8, 4) is 5.75 Å². The molecule has 0 radical (unpaired) electrons. The van der Waals surface area contributed by atoms with Crippen LogP contribution in [0.15, 0.2) is 52.1 Å². The van der Waals surface area contributed by atoms with Crippen molar-refractivity contribution in [2.45, 2.75) is 11.0 Å². The molecule has 0 spiro atoms. The number of hydrogen-bond donors (Lipinski definition) is 0. The minimum absolute atomic E-state index is 0.0361. The molecule has 0 amide bonds. The molecule has 7 heteroatoms. The van der Waals surface area contributed by atoms with E-state index in [-0.39, 0.29) is 5.69 Å². The number of fused-ring (bicyclic) bond motifs is 1. The van der Waals surface area contributed by atoms with Gasteiger partial charge in [-0.25, -0.2) is 4.98 Å². The van der Waals surface area contributed by atoms with Crippen LogP contribution in [0.1, 0.15) is 5.56 Å². The first kappa shape index (κ1) is 14.4. The molecule has 6 nitrogen and oxygen atoms in total. The van der Waals surface area contributed by atoms with Crippen LogP contribution >= 0.6 is 11.8 Å². The molecule has 3 aromatic rings. The van der Waals surface area contributed by atoms with Gasteiger partial charge in [-0.3, -0.25) is 10.1 Å². The molecule has 3 rings (SSSR count). The maximum absolute atomic E-state index is 10.9. The number of para-hydroxylation sites is 2. The van der Waals surface area contributed by atoms with Gasteiger partial charge in [0.2, 0.25) is 0 Å². The lowest BCUT2D eigenvalue weighted by Gasteiger charge is -2.06. The molecule has 0 fully saturated rings. The molecule has 0 aliphatic heterocycles. The zero-order chi connectivity index (χ0) is 15.5. The van der Waals surface area contributed by atoms with E-state index in [0.717, 1.165) is 16.7 Å². The van der Waals surface area contributed by atoms with Crippen molar-refractivity contribution in [1.82, 2.24) is 4.98 Å². The summed E-state index contributed by atoms with van der Waals surface area (Å²) in [5.41, 5.74) is 2.27. The zero-order valence-electron chi connectivity index (χ0n) is 11.7. The summed E-state index contributed by atoms with van der Waals surface area (Å²) in [5, 5.41) is 11.4. The average Bonchev–Trinajstić information content (AvgIpc) is 2.95. The summed E-state index contributed by atoms with van der Waals surface area (Å²) in [4.78, 5) is 14.8. The van der Waals surface area contributed by atoms with E-state index >= 15 is 0 Å². The maximum Gasteiger partial charge on any atom is 0.270 e. The molecule has 0 saturated heterocycles. The average molecular weight is 316 g/mol. The molecule has 0 bridgehead atoms. The van der Waals surface area contributed by atoms with Gasteiger partial charge in [-0.05, 0) is 18.2 Å². The summed E-state index contributed by atoms with van der Waals surface area (Å²) >= 11 is 1.37. The molecule has 1 aromatic heterocycles. The number of methoxy groups -OCH3 is 1. The van der Waals surface area contributed by atoms with Crippen LogP contribution < -0.4 is 4.74 Å². The fourth-order valence-corrected chi connectivity index (χ4v) is 2.86. The first-order valence-corrected chi connectivity index (χ1v) is 7.45. The second kappa shape index (κ2) is 6.07. The second-order valence-electron chi connectivity index (χ2n) is 4.49. The van der Waals surface area contributed by atoms with Gasteiger partial charge in [0.1, 0.15) is 11.3 Å². The summed E-state index contributed by atoms with van der Waals surface area (Å²) < 4.78 is 10.9. The Labute approximate surface area is 130 Å². The Balaban J connectivity index is 1.83. The summed E-state index contributed by atoms with van der Waals surface area (Å²) in [6.45, 7) is 0. The normalized spacial score (nSPS) is 10.8. The Hall–Kier alpha value is -2.54. The fourth-order valence-electron chi connectivity index (χ4n) is 2.04. The molecule has 0 aliphatic rings. The van der Waals surface area contributed by atoms with Gasteiger partial charge in [-0.1, -0.05) is 23.9 Å². The number of non-ortho nitro benzene ring substituents is 1. The standard InChI is InChI=1S/C15H12N2O4S/c1-20-13-7-6-11(17(18)19)8-10(13)9-22-15-16-12-4-2-3-5-14(12)21-15/h2-8H,9H2,1H3. The number of hydrogen-bond acceptors (Lipinski definition) is 6. The van der Waals surface area contributed by atoms with Crippen molar-refractivity contribution in [3.05, 3.63) is 58.1 Å². The quantitative estimate of drug-likeness (QED) is 0.401. The highest BCUT2D eigenvalue weighted by Gasteiger charge is 2.13. The van der Waals surface area contributed by atoms with Gasteiger partial charge in [-0.2, -0.15) is 0 Å². The Morgan fingerprint density at radius 2 is 2.14 bits per heavy atom. The molecule has 0 aliphatic carbocycles. The second-order valence-corrected chi connectivity index (χ2v) is 5.42. The van der Waals surface area contributed by atoms with E-state index in [1.165, 1.54) is 31.0 Å². The SMILES string of the molecule is COc1ccc([N+](=O)[O-])cc1CSc1nc2ccccc2o1. The Morgan fingerprint density at radius 3 is 2.86 bits per heavy atom. The molecule has 0 N–H and O–H groups in total. The lowest BCUT2D eigenvalue weighted by atomic mass is 10.2. The number of nitrogens with zero attached hydrogens (tertiary/aromatic N) is 2. The van der Waals surface area contributed by atoms with Crippen LogP contribution in [-0.2, 0) is 5.75 Å². The van der Waals surface area contributed by atoms with Crippen molar-refractivity contribution in [2.75, 3.05) is 7.11 Å². The number of oxazole rings is 1. The lowest BCUT2D eigenvalue weighted by molar-refractivity contribution is -0.384. The van der Waals surface area contributed by atoms with E-state index in [1.807, 2.05) is 24.3 Å². The number of rotatable bonds is 5. The molecule has 0 unspecified atom stereocenters. The smallest absolute Gasteiger partial charge is 0.270 e. The van der Waals surface area contributed by atoms with Crippen LogP contribution in [-0.4, -0.2) is 17.0 Å². The third-order valence-corrected chi connectivity index (χ3v) is 3.98. The van der Waals surface area contributed by atoms with E-state index in [9.17, 15) is 10.1 Å². The highest BCUT2D eigenvalue weighted by Crippen LogP contribution is 2.31. The number of aromatic nitrogens is 1. The van der Waals surface area contributed by atoms with Crippen molar-refractivity contribution >= 4 is 28.5 Å². The van der Waals surface area contributed by atoms with Gasteiger partial charge in [-0.15, -0.1) is 0 Å². The largest absolute Gasteiger partial charge is 0.496 e. The number of ether oxygens (including phenoxy) is 1. The molecule has 22 heavy (non-hydrogen) atoms.